The van der Waals surface area contributed by atoms with Gasteiger partial charge in [0, 0.05) is 24.7 Å². The molecular weight excluding hydrogens is 360 g/mol. The Labute approximate surface area is 172 Å². The van der Waals surface area contributed by atoms with Gasteiger partial charge in [-0.15, -0.1) is 0 Å². The number of aryl methyl sites for hydroxylation is 6. The van der Waals surface area contributed by atoms with Crippen LogP contribution in [0, 0.1) is 34.6 Å². The number of methoxy groups -OCH3 is 1. The zero-order valence-corrected chi connectivity index (χ0v) is 18.6. The quantitative estimate of drug-likeness (QED) is 0.476. The van der Waals surface area contributed by atoms with Crippen LogP contribution in [0.4, 0.5) is 0 Å². The molecule has 3 aromatic heterocycles. The average molecular weight is 391 g/mol. The van der Waals surface area contributed by atoms with Crippen LogP contribution in [-0.4, -0.2) is 32.9 Å². The predicted octanol–water partition coefficient (Wildman–Crippen LogP) is 5.10. The highest BCUT2D eigenvalue weighted by atomic mass is 16.5. The van der Waals surface area contributed by atoms with Crippen LogP contribution in [-0.2, 0) is 17.7 Å². The summed E-state index contributed by atoms with van der Waals surface area (Å²) in [5, 5.41) is 6.14. The second-order valence-corrected chi connectivity index (χ2v) is 8.04. The molecule has 0 N–H and O–H groups in total. The summed E-state index contributed by atoms with van der Waals surface area (Å²) in [6, 6.07) is 6.74. The molecule has 5 heteroatoms. The van der Waals surface area contributed by atoms with Crippen LogP contribution >= 0.6 is 0 Å². The molecule has 4 aromatic rings. The van der Waals surface area contributed by atoms with Crippen molar-refractivity contribution < 1.29 is 4.74 Å². The normalized spacial score (nSPS) is 11.8. The molecule has 0 radical (unpaired) electrons. The fourth-order valence-electron chi connectivity index (χ4n) is 4.66. The Morgan fingerprint density at radius 2 is 1.62 bits per heavy atom. The number of hydrogen-bond donors (Lipinski definition) is 0. The lowest BCUT2D eigenvalue weighted by atomic mass is 9.94. The second kappa shape index (κ2) is 7.30. The second-order valence-electron chi connectivity index (χ2n) is 8.04. The molecule has 5 nitrogen and oxygen atoms in total. The summed E-state index contributed by atoms with van der Waals surface area (Å²) in [4.78, 5) is 5.03. The lowest BCUT2D eigenvalue weighted by Crippen LogP contribution is -2.10. The van der Waals surface area contributed by atoms with Gasteiger partial charge in [-0.05, 0) is 63.8 Å². The van der Waals surface area contributed by atoms with E-state index < -0.39 is 0 Å². The van der Waals surface area contributed by atoms with Gasteiger partial charge in [0.2, 0.25) is 0 Å². The summed E-state index contributed by atoms with van der Waals surface area (Å²) < 4.78 is 9.76. The number of rotatable bonds is 5. The maximum atomic E-state index is 5.38. The number of aromatic nitrogens is 4. The third kappa shape index (κ3) is 3.04. The first-order chi connectivity index (χ1) is 13.9. The number of ether oxygens (including phenoxy) is 1. The van der Waals surface area contributed by atoms with Crippen molar-refractivity contribution >= 4 is 16.7 Å². The zero-order valence-electron chi connectivity index (χ0n) is 18.6. The molecule has 1 aromatic carbocycles. The molecule has 0 aliphatic heterocycles. The minimum atomic E-state index is 0.670. The van der Waals surface area contributed by atoms with Gasteiger partial charge >= 0.3 is 0 Å². The Hall–Kier alpha value is -2.66. The Balaban J connectivity index is 2.11. The molecule has 0 bridgehead atoms. The molecule has 0 aliphatic carbocycles. The zero-order chi connectivity index (χ0) is 20.9. The number of hydrogen-bond acceptors (Lipinski definition) is 3. The first kappa shape index (κ1) is 19.6. The molecule has 0 saturated carbocycles. The maximum Gasteiger partial charge on any atom is 0.165 e. The lowest BCUT2D eigenvalue weighted by Gasteiger charge is -2.12. The van der Waals surface area contributed by atoms with Crippen molar-refractivity contribution in [3.63, 3.8) is 0 Å². The molecule has 0 atom stereocenters. The van der Waals surface area contributed by atoms with Gasteiger partial charge in [0.05, 0.1) is 23.6 Å². The summed E-state index contributed by atoms with van der Waals surface area (Å²) >= 11 is 0. The predicted molar refractivity (Wildman–Crippen MR) is 119 cm³/mol. The van der Waals surface area contributed by atoms with Gasteiger partial charge in [-0.3, -0.25) is 0 Å². The van der Waals surface area contributed by atoms with Gasteiger partial charge in [0.25, 0.3) is 0 Å². The molecule has 0 spiro atoms. The molecule has 3 heterocycles. The Bertz CT molecular complexity index is 1210. The summed E-state index contributed by atoms with van der Waals surface area (Å²) in [5.41, 5.74) is 11.6. The van der Waals surface area contributed by atoms with Crippen molar-refractivity contribution in [2.45, 2.75) is 54.5 Å². The molecule has 0 unspecified atom stereocenters. The smallest absolute Gasteiger partial charge is 0.165 e. The van der Waals surface area contributed by atoms with E-state index in [0.717, 1.165) is 46.6 Å². The highest BCUT2D eigenvalue weighted by Gasteiger charge is 2.22. The van der Waals surface area contributed by atoms with E-state index in [1.807, 2.05) is 4.52 Å². The minimum Gasteiger partial charge on any atom is -0.383 e. The average Bonchev–Trinajstić information content (AvgIpc) is 3.18. The molecule has 0 aliphatic rings. The van der Waals surface area contributed by atoms with Gasteiger partial charge in [-0.1, -0.05) is 24.6 Å². The number of nitrogens with zero attached hydrogens (tertiary/aromatic N) is 4. The fraction of sp³-hybridized carbons (Fsp3) is 0.417. The number of fused-ring (bicyclic) bond motifs is 3. The highest BCUT2D eigenvalue weighted by Crippen LogP contribution is 2.35. The van der Waals surface area contributed by atoms with Gasteiger partial charge in [-0.2, -0.15) is 9.61 Å². The van der Waals surface area contributed by atoms with Gasteiger partial charge in [0.15, 0.2) is 5.65 Å². The van der Waals surface area contributed by atoms with Crippen LogP contribution in [0.5, 0.6) is 0 Å². The van der Waals surface area contributed by atoms with Crippen molar-refractivity contribution in [3.8, 4) is 11.1 Å². The van der Waals surface area contributed by atoms with Crippen LogP contribution in [0.25, 0.3) is 27.8 Å². The third-order valence-electron chi connectivity index (χ3n) is 5.86. The molecule has 0 fully saturated rings. The molecule has 0 saturated heterocycles. The van der Waals surface area contributed by atoms with Crippen molar-refractivity contribution in [2.24, 2.45) is 0 Å². The molecule has 4 rings (SSSR count). The first-order valence-corrected chi connectivity index (χ1v) is 10.3. The van der Waals surface area contributed by atoms with Crippen LogP contribution in [0.15, 0.2) is 18.2 Å². The van der Waals surface area contributed by atoms with E-state index in [1.165, 1.54) is 27.9 Å². The van der Waals surface area contributed by atoms with Gasteiger partial charge in [-0.25, -0.2) is 4.98 Å². The summed E-state index contributed by atoms with van der Waals surface area (Å²) in [6.07, 6.45) is 0.961. The van der Waals surface area contributed by atoms with Crippen LogP contribution in [0.1, 0.15) is 40.7 Å². The van der Waals surface area contributed by atoms with Gasteiger partial charge < -0.3 is 9.30 Å². The van der Waals surface area contributed by atoms with E-state index in [0.29, 0.717) is 6.61 Å². The monoisotopic (exact) mass is 390 g/mol. The fourth-order valence-corrected chi connectivity index (χ4v) is 4.66. The Morgan fingerprint density at radius 3 is 2.24 bits per heavy atom. The largest absolute Gasteiger partial charge is 0.383 e. The van der Waals surface area contributed by atoms with E-state index >= 15 is 0 Å². The maximum absolute atomic E-state index is 5.38. The first-order valence-electron chi connectivity index (χ1n) is 10.3. The minimum absolute atomic E-state index is 0.670. The van der Waals surface area contributed by atoms with Crippen molar-refractivity contribution in [3.05, 3.63) is 52.0 Å². The Morgan fingerprint density at radius 1 is 0.931 bits per heavy atom. The SMILES string of the molecule is CCc1cc2c(C)nc3c(-c4c(C)cc(C)cc4C)c(C)nn3c2n1CCOC. The standard InChI is InChI=1S/C24H30N4O/c1-8-19-13-20-17(5)25-23-22(21-15(3)11-14(2)12-16(21)4)18(6)26-28(23)24(20)27(19)9-10-29-7/h11-13H,8-10H2,1-7H3. The topological polar surface area (TPSA) is 44.4 Å². The summed E-state index contributed by atoms with van der Waals surface area (Å²) in [5.74, 6) is 0. The van der Waals surface area contributed by atoms with Crippen LogP contribution in [0.2, 0.25) is 0 Å². The van der Waals surface area contributed by atoms with E-state index in [2.05, 4.69) is 64.3 Å². The van der Waals surface area contributed by atoms with Crippen molar-refractivity contribution in [2.75, 3.05) is 13.7 Å². The van der Waals surface area contributed by atoms with Crippen molar-refractivity contribution in [1.29, 1.82) is 0 Å². The third-order valence-corrected chi connectivity index (χ3v) is 5.86. The van der Waals surface area contributed by atoms with Crippen LogP contribution in [0.3, 0.4) is 0 Å². The van der Waals surface area contributed by atoms with E-state index in [1.54, 1.807) is 7.11 Å². The van der Waals surface area contributed by atoms with Gasteiger partial charge in [0.1, 0.15) is 5.65 Å². The lowest BCUT2D eigenvalue weighted by molar-refractivity contribution is 0.187. The van der Waals surface area contributed by atoms with Crippen LogP contribution < -0.4 is 0 Å². The van der Waals surface area contributed by atoms with E-state index in [4.69, 9.17) is 14.8 Å². The summed E-state index contributed by atoms with van der Waals surface area (Å²) in [6.45, 7) is 14.4. The molecular formula is C24H30N4O. The van der Waals surface area contributed by atoms with E-state index in [9.17, 15) is 0 Å². The molecule has 0 amide bonds. The molecule has 29 heavy (non-hydrogen) atoms. The van der Waals surface area contributed by atoms with Crippen molar-refractivity contribution in [1.82, 2.24) is 19.2 Å². The Kier molecular flexibility index (Phi) is 4.95. The van der Waals surface area contributed by atoms with E-state index in [-0.39, 0.29) is 0 Å². The summed E-state index contributed by atoms with van der Waals surface area (Å²) in [7, 11) is 1.75. The number of benzene rings is 1. The molecule has 152 valence electrons. The highest BCUT2D eigenvalue weighted by molar-refractivity contribution is 5.90.